The number of hydrazine groups is 1. The average Bonchev–Trinajstić information content (AvgIpc) is 3.13. The van der Waals surface area contributed by atoms with Crippen LogP contribution >= 0.6 is 0 Å². The van der Waals surface area contributed by atoms with Crippen molar-refractivity contribution >= 4 is 17.8 Å². The monoisotopic (exact) mass is 309 g/mol. The summed E-state index contributed by atoms with van der Waals surface area (Å²) in [5.41, 5.74) is 5.99. The number of aromatic nitrogens is 1. The van der Waals surface area contributed by atoms with E-state index in [0.29, 0.717) is 24.7 Å². The molecule has 3 N–H and O–H groups in total. The maximum Gasteiger partial charge on any atom is 0.341 e. The predicted octanol–water partition coefficient (Wildman–Crippen LogP) is 1.34. The van der Waals surface area contributed by atoms with Crippen molar-refractivity contribution in [2.24, 2.45) is 11.7 Å². The maximum absolute atomic E-state index is 12.5. The zero-order valence-electron chi connectivity index (χ0n) is 13.2. The number of nitrogens with one attached hydrogen (secondary N) is 1. The molecule has 0 bridgehead atoms. The quantitative estimate of drug-likeness (QED) is 0.873. The van der Waals surface area contributed by atoms with E-state index in [-0.39, 0.29) is 11.8 Å². The van der Waals surface area contributed by atoms with E-state index in [0.717, 1.165) is 12.8 Å². The number of anilines is 1. The summed E-state index contributed by atoms with van der Waals surface area (Å²) in [6.07, 6.45) is 1.54. The Hall–Kier alpha value is -2.09. The van der Waals surface area contributed by atoms with E-state index >= 15 is 0 Å². The van der Waals surface area contributed by atoms with E-state index in [1.165, 1.54) is 10.0 Å². The van der Waals surface area contributed by atoms with Gasteiger partial charge in [-0.3, -0.25) is 10.1 Å². The molecule has 1 aliphatic rings. The summed E-state index contributed by atoms with van der Waals surface area (Å²) in [5.74, 6) is 0.769. The summed E-state index contributed by atoms with van der Waals surface area (Å²) in [4.78, 5) is 24.8. The molecule has 8 heteroatoms. The Morgan fingerprint density at radius 3 is 2.73 bits per heavy atom. The van der Waals surface area contributed by atoms with Crippen molar-refractivity contribution in [3.63, 3.8) is 0 Å². The molecule has 2 rings (SSSR count). The van der Waals surface area contributed by atoms with E-state index in [4.69, 9.17) is 10.3 Å². The SMILES string of the molecule is CC[C@H](C)[C@H](N)C(=O)N1CCCN1C(=O)Nc1cc(C)on1. The molecule has 122 valence electrons. The van der Waals surface area contributed by atoms with Gasteiger partial charge in [0.2, 0.25) is 0 Å². The molecule has 1 saturated heterocycles. The van der Waals surface area contributed by atoms with Crippen molar-refractivity contribution < 1.29 is 14.1 Å². The summed E-state index contributed by atoms with van der Waals surface area (Å²) in [6.45, 7) is 6.62. The Labute approximate surface area is 129 Å². The summed E-state index contributed by atoms with van der Waals surface area (Å²) in [6, 6.07) is 0.605. The van der Waals surface area contributed by atoms with Crippen LogP contribution in [0.4, 0.5) is 10.6 Å². The lowest BCUT2D eigenvalue weighted by Crippen LogP contribution is -2.53. The van der Waals surface area contributed by atoms with Crippen LogP contribution in [0, 0.1) is 12.8 Å². The molecule has 0 spiro atoms. The van der Waals surface area contributed by atoms with Gasteiger partial charge in [-0.2, -0.15) is 0 Å². The van der Waals surface area contributed by atoms with Crippen LogP contribution in [0.3, 0.4) is 0 Å². The first-order valence-electron chi connectivity index (χ1n) is 7.52. The van der Waals surface area contributed by atoms with Gasteiger partial charge in [-0.1, -0.05) is 25.4 Å². The third kappa shape index (κ3) is 3.38. The van der Waals surface area contributed by atoms with Crippen LogP contribution in [-0.4, -0.2) is 46.2 Å². The number of urea groups is 1. The smallest absolute Gasteiger partial charge is 0.341 e. The van der Waals surface area contributed by atoms with Crippen molar-refractivity contribution in [1.29, 1.82) is 0 Å². The Bertz CT molecular complexity index is 544. The van der Waals surface area contributed by atoms with Crippen LogP contribution in [0.25, 0.3) is 0 Å². The fourth-order valence-electron chi connectivity index (χ4n) is 2.32. The second kappa shape index (κ2) is 6.78. The van der Waals surface area contributed by atoms with Crippen LogP contribution in [0.15, 0.2) is 10.6 Å². The van der Waals surface area contributed by atoms with Gasteiger partial charge in [-0.25, -0.2) is 14.8 Å². The third-order valence-electron chi connectivity index (χ3n) is 3.93. The molecule has 22 heavy (non-hydrogen) atoms. The van der Waals surface area contributed by atoms with E-state index in [1.807, 2.05) is 13.8 Å². The molecule has 1 aliphatic heterocycles. The molecule has 2 atom stereocenters. The molecule has 8 nitrogen and oxygen atoms in total. The number of carbonyl (C=O) groups is 2. The number of amides is 3. The highest BCUT2D eigenvalue weighted by atomic mass is 16.5. The molecule has 0 aromatic carbocycles. The molecular formula is C14H23N5O3. The molecule has 1 aromatic heterocycles. The lowest BCUT2D eigenvalue weighted by Gasteiger charge is -2.31. The molecule has 1 fully saturated rings. The topological polar surface area (TPSA) is 105 Å². The van der Waals surface area contributed by atoms with Gasteiger partial charge < -0.3 is 10.3 Å². The van der Waals surface area contributed by atoms with Crippen LogP contribution in [0.1, 0.15) is 32.4 Å². The highest BCUT2D eigenvalue weighted by Crippen LogP contribution is 2.17. The van der Waals surface area contributed by atoms with Gasteiger partial charge in [0.05, 0.1) is 6.04 Å². The minimum absolute atomic E-state index is 0.0659. The van der Waals surface area contributed by atoms with Gasteiger partial charge in [0.25, 0.3) is 5.91 Å². The largest absolute Gasteiger partial charge is 0.360 e. The number of carbonyl (C=O) groups excluding carboxylic acids is 2. The van der Waals surface area contributed by atoms with Crippen molar-refractivity contribution in [1.82, 2.24) is 15.2 Å². The van der Waals surface area contributed by atoms with Gasteiger partial charge in [0, 0.05) is 19.2 Å². The first-order valence-corrected chi connectivity index (χ1v) is 7.52. The Balaban J connectivity index is 2.03. The summed E-state index contributed by atoms with van der Waals surface area (Å²) in [5, 5.41) is 9.14. The second-order valence-electron chi connectivity index (χ2n) is 5.60. The summed E-state index contributed by atoms with van der Waals surface area (Å²) >= 11 is 0. The predicted molar refractivity (Wildman–Crippen MR) is 80.7 cm³/mol. The standard InChI is InChI=1S/C14H23N5O3/c1-4-9(2)12(15)13(20)18-6-5-7-19(18)14(21)16-11-8-10(3)22-17-11/h8-9,12H,4-7,15H2,1-3H3,(H,16,17,21)/t9-,12-/m0/s1. The van der Waals surface area contributed by atoms with Gasteiger partial charge in [0.15, 0.2) is 5.82 Å². The second-order valence-corrected chi connectivity index (χ2v) is 5.60. The summed E-state index contributed by atoms with van der Waals surface area (Å²) < 4.78 is 4.90. The molecule has 3 amide bonds. The van der Waals surface area contributed by atoms with Crippen molar-refractivity contribution in [3.8, 4) is 0 Å². The minimum Gasteiger partial charge on any atom is -0.360 e. The normalized spacial score (nSPS) is 17.5. The molecule has 0 aliphatic carbocycles. The fourth-order valence-corrected chi connectivity index (χ4v) is 2.32. The Kier molecular flexibility index (Phi) is 5.02. The first kappa shape index (κ1) is 16.3. The van der Waals surface area contributed by atoms with Crippen molar-refractivity contribution in [2.75, 3.05) is 18.4 Å². The number of hydrogen-bond donors (Lipinski definition) is 2. The van der Waals surface area contributed by atoms with E-state index in [1.54, 1.807) is 13.0 Å². The van der Waals surface area contributed by atoms with Crippen LogP contribution < -0.4 is 11.1 Å². The van der Waals surface area contributed by atoms with Gasteiger partial charge in [0.1, 0.15) is 5.76 Å². The third-order valence-corrected chi connectivity index (χ3v) is 3.93. The van der Waals surface area contributed by atoms with Crippen molar-refractivity contribution in [3.05, 3.63) is 11.8 Å². The zero-order valence-corrected chi connectivity index (χ0v) is 13.2. The number of aryl methyl sites for hydroxylation is 1. The molecule has 0 unspecified atom stereocenters. The minimum atomic E-state index is -0.604. The first-order chi connectivity index (χ1) is 10.4. The number of nitrogens with two attached hydrogens (primary N) is 1. The molecule has 0 radical (unpaired) electrons. The lowest BCUT2D eigenvalue weighted by molar-refractivity contribution is -0.142. The Morgan fingerprint density at radius 2 is 2.14 bits per heavy atom. The molecule has 1 aromatic rings. The van der Waals surface area contributed by atoms with Crippen LogP contribution in [0.2, 0.25) is 0 Å². The fraction of sp³-hybridized carbons (Fsp3) is 0.643. The lowest BCUT2D eigenvalue weighted by atomic mass is 9.99. The van der Waals surface area contributed by atoms with E-state index in [2.05, 4.69) is 10.5 Å². The van der Waals surface area contributed by atoms with Crippen molar-refractivity contribution in [2.45, 2.75) is 39.7 Å². The van der Waals surface area contributed by atoms with Crippen LogP contribution in [-0.2, 0) is 4.79 Å². The van der Waals surface area contributed by atoms with Crippen LogP contribution in [0.5, 0.6) is 0 Å². The number of rotatable bonds is 4. The summed E-state index contributed by atoms with van der Waals surface area (Å²) in [7, 11) is 0. The highest BCUT2D eigenvalue weighted by molar-refractivity contribution is 5.91. The zero-order chi connectivity index (χ0) is 16.3. The van der Waals surface area contributed by atoms with Gasteiger partial charge in [-0.15, -0.1) is 0 Å². The van der Waals surface area contributed by atoms with E-state index < -0.39 is 12.1 Å². The van der Waals surface area contributed by atoms with Gasteiger partial charge >= 0.3 is 6.03 Å². The molecule has 2 heterocycles. The van der Waals surface area contributed by atoms with E-state index in [9.17, 15) is 9.59 Å². The molecular weight excluding hydrogens is 286 g/mol. The molecule has 0 saturated carbocycles. The van der Waals surface area contributed by atoms with Gasteiger partial charge in [-0.05, 0) is 19.3 Å². The number of hydrogen-bond acceptors (Lipinski definition) is 5. The number of nitrogens with zero attached hydrogens (tertiary/aromatic N) is 3. The highest BCUT2D eigenvalue weighted by Gasteiger charge is 2.35. The average molecular weight is 309 g/mol. The maximum atomic E-state index is 12.5. The Morgan fingerprint density at radius 1 is 1.45 bits per heavy atom.